The first-order valence-electron chi connectivity index (χ1n) is 24.2. The molecule has 13 heteroatoms. The lowest BCUT2D eigenvalue weighted by Crippen LogP contribution is -2.59. The van der Waals surface area contributed by atoms with Gasteiger partial charge < -0.3 is 39.2 Å². The van der Waals surface area contributed by atoms with Gasteiger partial charge in [0.1, 0.15) is 35.7 Å². The number of esters is 1. The molecule has 15 atom stereocenters. The first-order valence-corrected chi connectivity index (χ1v) is 24.2. The summed E-state index contributed by atoms with van der Waals surface area (Å²) in [5.74, 6) is -4.93. The molecule has 2 saturated carbocycles. The minimum atomic E-state index is -1.93. The van der Waals surface area contributed by atoms with Crippen molar-refractivity contribution in [2.24, 2.45) is 41.4 Å². The third kappa shape index (κ3) is 14.3. The molecule has 4 rings (SSSR count). The first-order chi connectivity index (χ1) is 30.7. The lowest BCUT2D eigenvalue weighted by molar-refractivity contribution is -0.171. The Kier molecular flexibility index (Phi) is 21.0. The van der Waals surface area contributed by atoms with E-state index in [4.69, 9.17) is 18.9 Å². The molecule has 3 N–H and O–H groups in total. The second-order valence-electron chi connectivity index (χ2n) is 20.1. The summed E-state index contributed by atoms with van der Waals surface area (Å²) in [4.78, 5) is 72.1. The van der Waals surface area contributed by atoms with Gasteiger partial charge in [0.25, 0.3) is 11.7 Å². The van der Waals surface area contributed by atoms with Crippen LogP contribution in [-0.4, -0.2) is 126 Å². The van der Waals surface area contributed by atoms with E-state index in [0.29, 0.717) is 56.9 Å². The van der Waals surface area contributed by atoms with Crippen LogP contribution in [0.5, 0.6) is 0 Å². The van der Waals surface area contributed by atoms with Gasteiger partial charge in [0.05, 0.1) is 18.3 Å². The highest BCUT2D eigenvalue weighted by Crippen LogP contribution is 2.41. The van der Waals surface area contributed by atoms with Crippen molar-refractivity contribution in [1.29, 1.82) is 0 Å². The van der Waals surface area contributed by atoms with Gasteiger partial charge in [-0.15, -0.1) is 0 Å². The number of Topliss-reactive ketones (excluding diaryl/α,β-unsaturated/α-hetero) is 3. The number of hydrogen-bond acceptors (Lipinski definition) is 12. The zero-order chi connectivity index (χ0) is 48.2. The minimum absolute atomic E-state index is 0.0358. The molecule has 3 unspecified atom stereocenters. The lowest BCUT2D eigenvalue weighted by Gasteiger charge is -2.43. The second-order valence-corrected chi connectivity index (χ2v) is 20.1. The monoisotopic (exact) mass is 912 g/mol. The van der Waals surface area contributed by atoms with Gasteiger partial charge in [0.15, 0.2) is 5.78 Å². The highest BCUT2D eigenvalue weighted by molar-refractivity contribution is 6.39. The number of allylic oxidation sites excluding steroid dienone is 6. The Bertz CT molecular complexity index is 1750. The van der Waals surface area contributed by atoms with E-state index in [9.17, 15) is 39.3 Å². The number of rotatable bonds is 6. The molecule has 0 aromatic rings. The second kappa shape index (κ2) is 25.2. The van der Waals surface area contributed by atoms with Crippen molar-refractivity contribution in [2.45, 2.75) is 180 Å². The average molecular weight is 912 g/mol. The number of methoxy groups -OCH3 is 3. The quantitative estimate of drug-likeness (QED) is 0.143. The molecule has 2 aliphatic heterocycles. The molecule has 0 radical (unpaired) electrons. The van der Waals surface area contributed by atoms with E-state index in [1.54, 1.807) is 41.1 Å². The van der Waals surface area contributed by atoms with Gasteiger partial charge in [0, 0.05) is 46.1 Å². The Labute approximate surface area is 388 Å². The van der Waals surface area contributed by atoms with Crippen LogP contribution in [0.25, 0.3) is 0 Å². The van der Waals surface area contributed by atoms with Crippen LogP contribution in [0, 0.1) is 41.4 Å². The van der Waals surface area contributed by atoms with Gasteiger partial charge in [-0.2, -0.15) is 0 Å². The topological polar surface area (TPSA) is 186 Å². The maximum atomic E-state index is 14.4. The van der Waals surface area contributed by atoms with Crippen LogP contribution in [0.15, 0.2) is 47.6 Å². The van der Waals surface area contributed by atoms with Crippen LogP contribution in [0.3, 0.4) is 0 Å². The Morgan fingerprint density at radius 3 is 2.25 bits per heavy atom. The van der Waals surface area contributed by atoms with E-state index in [2.05, 4.69) is 0 Å². The fraction of sp³-hybridized carbons (Fsp3) is 0.750. The number of carbonyl (C=O) groups is 5. The third-order valence-corrected chi connectivity index (χ3v) is 15.1. The number of piperidine rings is 1. The Morgan fingerprint density at radius 1 is 0.846 bits per heavy atom. The number of carbonyl (C=O) groups excluding carboxylic acids is 5. The number of cyclic esters (lactones) is 1. The van der Waals surface area contributed by atoms with E-state index >= 15 is 0 Å². The number of fused-ring (bicyclic) bond motifs is 3. The molecule has 366 valence electrons. The summed E-state index contributed by atoms with van der Waals surface area (Å²) in [6.45, 7) is 13.0. The number of nitrogens with zero attached hydrogens (tertiary/aromatic N) is 1. The fourth-order valence-electron chi connectivity index (χ4n) is 10.7. The summed E-state index contributed by atoms with van der Waals surface area (Å²) in [5, 5.41) is 34.1. The summed E-state index contributed by atoms with van der Waals surface area (Å²) in [6, 6.07) is -1.08. The molecule has 65 heavy (non-hydrogen) atoms. The van der Waals surface area contributed by atoms with Crippen molar-refractivity contribution in [3.05, 3.63) is 47.6 Å². The van der Waals surface area contributed by atoms with Gasteiger partial charge in [0.2, 0.25) is 0 Å². The third-order valence-electron chi connectivity index (χ3n) is 15.1. The predicted octanol–water partition coefficient (Wildman–Crippen LogP) is 6.84. The summed E-state index contributed by atoms with van der Waals surface area (Å²) in [5.41, 5.74) is -0.571. The summed E-state index contributed by atoms with van der Waals surface area (Å²) in [6.07, 6.45) is 13.0. The van der Waals surface area contributed by atoms with Crippen LogP contribution < -0.4 is 0 Å². The SMILES string of the molecule is CO[C@H]1C[C@@H]2CC[C@@H](C)[C@@](O)(C2)C(=O)C(=O)N2CCCC[C@H]2C(=O)OC([C@H](C)CC2CC[C@@H](O)[C@H](OC)C2)CC(=O)[C@H](C)/C=C(\C)C(O)[C@@H](OC)C(=O)[C@H](C)C[C@H](C)/C=C/C=CC=C1C. The van der Waals surface area contributed by atoms with Crippen molar-refractivity contribution < 1.29 is 58.2 Å². The van der Waals surface area contributed by atoms with Crippen LogP contribution in [0.2, 0.25) is 0 Å². The summed E-state index contributed by atoms with van der Waals surface area (Å²) < 4.78 is 23.3. The van der Waals surface area contributed by atoms with Crippen molar-refractivity contribution in [1.82, 2.24) is 4.90 Å². The van der Waals surface area contributed by atoms with Crippen molar-refractivity contribution in [3.63, 3.8) is 0 Å². The van der Waals surface area contributed by atoms with E-state index in [0.717, 1.165) is 18.4 Å². The van der Waals surface area contributed by atoms with Crippen LogP contribution >= 0.6 is 0 Å². The molecule has 0 spiro atoms. The van der Waals surface area contributed by atoms with Gasteiger partial charge in [-0.1, -0.05) is 71.1 Å². The van der Waals surface area contributed by atoms with Crippen LogP contribution in [-0.2, 0) is 42.9 Å². The molecule has 1 saturated heterocycles. The Hall–Kier alpha value is -3.33. The van der Waals surface area contributed by atoms with Crippen LogP contribution in [0.1, 0.15) is 132 Å². The molecular weight excluding hydrogens is 831 g/mol. The predicted molar refractivity (Wildman–Crippen MR) is 248 cm³/mol. The van der Waals surface area contributed by atoms with Gasteiger partial charge >= 0.3 is 5.97 Å². The lowest BCUT2D eigenvalue weighted by atomic mass is 9.67. The number of aliphatic hydroxyl groups is 3. The molecule has 0 aromatic carbocycles. The average Bonchev–Trinajstić information content (AvgIpc) is 3.28. The van der Waals surface area contributed by atoms with Crippen molar-refractivity contribution >= 4 is 29.2 Å². The summed E-state index contributed by atoms with van der Waals surface area (Å²) >= 11 is 0. The molecule has 0 aromatic heterocycles. The molecule has 13 nitrogen and oxygen atoms in total. The van der Waals surface area contributed by atoms with Crippen molar-refractivity contribution in [3.8, 4) is 0 Å². The Morgan fingerprint density at radius 2 is 1.57 bits per heavy atom. The molecule has 2 aliphatic carbocycles. The van der Waals surface area contributed by atoms with E-state index < -0.39 is 71.5 Å². The van der Waals surface area contributed by atoms with Crippen LogP contribution in [0.4, 0.5) is 0 Å². The number of ketones is 3. The first kappa shape index (κ1) is 54.3. The number of aliphatic hydroxyl groups excluding tert-OH is 2. The van der Waals surface area contributed by atoms with Gasteiger partial charge in [-0.05, 0) is 132 Å². The molecule has 4 aliphatic rings. The van der Waals surface area contributed by atoms with Gasteiger partial charge in [-0.3, -0.25) is 19.2 Å². The largest absolute Gasteiger partial charge is 0.460 e. The maximum absolute atomic E-state index is 14.4. The number of hydrogen-bond donors (Lipinski definition) is 3. The molecular formula is C52H81NO12. The molecule has 2 heterocycles. The minimum Gasteiger partial charge on any atom is -0.460 e. The highest BCUT2D eigenvalue weighted by atomic mass is 16.5. The normalized spacial score (nSPS) is 39.1. The molecule has 2 bridgehead atoms. The standard InChI is InChI=1S/C52H81NO12/c1-31-16-12-11-13-17-32(2)43(62-8)28-39-20-19-37(7)52(61,30-39)49(58)50(59)53-23-15-14-18-40(53)51(60)65-44(34(4)26-38-21-22-41(54)45(27-38)63-9)29-42(55)33(3)25-36(6)47(57)48(64-10)46(56)35(5)24-31/h11-13,16-17,25,31,33-35,37-41,43-45,47-48,54,57,61H,14-15,18-24,26-30H2,1-10H3/b13-11?,16-12+,32-17?,36-25+/t31-,33-,34-,35-,37-,38?,39+,40+,41-,43+,44?,45-,47?,48+,52+/m1/s1. The number of amides is 1. The highest BCUT2D eigenvalue weighted by Gasteiger charge is 2.51. The van der Waals surface area contributed by atoms with E-state index in [1.807, 2.05) is 58.1 Å². The van der Waals surface area contributed by atoms with Gasteiger partial charge in [-0.25, -0.2) is 4.79 Å². The zero-order valence-corrected chi connectivity index (χ0v) is 40.9. The number of ether oxygens (including phenoxy) is 4. The van der Waals surface area contributed by atoms with Crippen molar-refractivity contribution in [2.75, 3.05) is 27.9 Å². The smallest absolute Gasteiger partial charge is 0.329 e. The molecule has 1 amide bonds. The maximum Gasteiger partial charge on any atom is 0.329 e. The Balaban J connectivity index is 1.70. The fourth-order valence-corrected chi connectivity index (χ4v) is 10.7. The zero-order valence-electron chi connectivity index (χ0n) is 40.9. The van der Waals surface area contributed by atoms with E-state index in [-0.39, 0.29) is 73.3 Å². The molecule has 3 fully saturated rings. The summed E-state index contributed by atoms with van der Waals surface area (Å²) in [7, 11) is 4.59. The van der Waals surface area contributed by atoms with E-state index in [1.165, 1.54) is 12.0 Å².